The molecule has 0 aliphatic heterocycles. The number of nitrogens with zero attached hydrogens (tertiary/aromatic N) is 1. The highest BCUT2D eigenvalue weighted by Gasteiger charge is 2.21. The number of anilines is 2. The van der Waals surface area contributed by atoms with Crippen LogP contribution in [0.1, 0.15) is 24.9 Å². The van der Waals surface area contributed by atoms with Crippen molar-refractivity contribution in [2.45, 2.75) is 19.4 Å². The summed E-state index contributed by atoms with van der Waals surface area (Å²) in [5.41, 5.74) is 2.23. The highest BCUT2D eigenvalue weighted by atomic mass is 16.6. The Morgan fingerprint density at radius 3 is 2.33 bits per heavy atom. The molecule has 0 radical (unpaired) electrons. The Morgan fingerprint density at radius 2 is 1.76 bits per heavy atom. The maximum Gasteiger partial charge on any atom is 0.315 e. The summed E-state index contributed by atoms with van der Waals surface area (Å²) in [5, 5.41) is 17.5. The molecular formula is C16H19N3O2. The van der Waals surface area contributed by atoms with Crippen molar-refractivity contribution in [2.75, 3.05) is 17.7 Å². The maximum absolute atomic E-state index is 11.3. The van der Waals surface area contributed by atoms with Gasteiger partial charge in [0.15, 0.2) is 0 Å². The summed E-state index contributed by atoms with van der Waals surface area (Å²) >= 11 is 0. The van der Waals surface area contributed by atoms with Crippen molar-refractivity contribution >= 4 is 17.1 Å². The van der Waals surface area contributed by atoms with Crippen LogP contribution in [0.25, 0.3) is 0 Å². The SMILES string of the molecule is CCC(Nc1cccc(NC)c1[N+](=O)[O-])c1ccccc1. The molecule has 0 saturated carbocycles. The first-order chi connectivity index (χ1) is 10.2. The van der Waals surface area contributed by atoms with E-state index in [0.29, 0.717) is 11.4 Å². The lowest BCUT2D eigenvalue weighted by atomic mass is 10.0. The number of nitro groups is 1. The van der Waals surface area contributed by atoms with Crippen molar-refractivity contribution in [2.24, 2.45) is 0 Å². The minimum atomic E-state index is -0.355. The van der Waals surface area contributed by atoms with E-state index < -0.39 is 0 Å². The molecule has 0 saturated heterocycles. The van der Waals surface area contributed by atoms with E-state index in [1.54, 1.807) is 25.2 Å². The van der Waals surface area contributed by atoms with Crippen LogP contribution in [0.4, 0.5) is 17.1 Å². The minimum absolute atomic E-state index is 0.0389. The Morgan fingerprint density at radius 1 is 1.10 bits per heavy atom. The summed E-state index contributed by atoms with van der Waals surface area (Å²) in [6.45, 7) is 2.05. The third-order valence-corrected chi connectivity index (χ3v) is 3.43. The van der Waals surface area contributed by atoms with Crippen LogP contribution in [0.2, 0.25) is 0 Å². The summed E-state index contributed by atoms with van der Waals surface area (Å²) in [6, 6.07) is 15.2. The molecule has 0 fully saturated rings. The first-order valence-electron chi connectivity index (χ1n) is 6.94. The van der Waals surface area contributed by atoms with Crippen molar-refractivity contribution in [3.8, 4) is 0 Å². The Hall–Kier alpha value is -2.56. The molecule has 21 heavy (non-hydrogen) atoms. The van der Waals surface area contributed by atoms with E-state index in [9.17, 15) is 10.1 Å². The van der Waals surface area contributed by atoms with Crippen LogP contribution in [0.3, 0.4) is 0 Å². The Labute approximate surface area is 124 Å². The average Bonchev–Trinajstić information content (AvgIpc) is 2.52. The zero-order chi connectivity index (χ0) is 15.2. The van der Waals surface area contributed by atoms with Gasteiger partial charge in [0.25, 0.3) is 0 Å². The Kier molecular flexibility index (Phi) is 4.77. The van der Waals surface area contributed by atoms with E-state index >= 15 is 0 Å². The van der Waals surface area contributed by atoms with Crippen LogP contribution < -0.4 is 10.6 Å². The van der Waals surface area contributed by atoms with Gasteiger partial charge in [-0.1, -0.05) is 43.3 Å². The molecule has 2 rings (SSSR count). The number of hydrogen-bond acceptors (Lipinski definition) is 4. The molecule has 1 unspecified atom stereocenters. The van der Waals surface area contributed by atoms with E-state index in [-0.39, 0.29) is 16.7 Å². The topological polar surface area (TPSA) is 67.2 Å². The fraction of sp³-hybridized carbons (Fsp3) is 0.250. The molecule has 0 spiro atoms. The summed E-state index contributed by atoms with van der Waals surface area (Å²) in [7, 11) is 1.68. The monoisotopic (exact) mass is 285 g/mol. The molecule has 0 heterocycles. The number of para-hydroxylation sites is 1. The summed E-state index contributed by atoms with van der Waals surface area (Å²) in [6.07, 6.45) is 0.838. The molecule has 110 valence electrons. The molecule has 0 aromatic heterocycles. The maximum atomic E-state index is 11.3. The lowest BCUT2D eigenvalue weighted by molar-refractivity contribution is -0.383. The van der Waals surface area contributed by atoms with Crippen LogP contribution in [0, 0.1) is 10.1 Å². The van der Waals surface area contributed by atoms with Crippen molar-refractivity contribution in [3.63, 3.8) is 0 Å². The predicted molar refractivity (Wildman–Crippen MR) is 85.7 cm³/mol. The Bertz CT molecular complexity index is 614. The summed E-state index contributed by atoms with van der Waals surface area (Å²) in [5.74, 6) is 0. The zero-order valence-electron chi connectivity index (χ0n) is 12.2. The highest BCUT2D eigenvalue weighted by molar-refractivity contribution is 5.76. The lowest BCUT2D eigenvalue weighted by Gasteiger charge is -2.19. The van der Waals surface area contributed by atoms with Gasteiger partial charge in [0.1, 0.15) is 11.4 Å². The van der Waals surface area contributed by atoms with E-state index in [1.807, 2.05) is 30.3 Å². The highest BCUT2D eigenvalue weighted by Crippen LogP contribution is 2.35. The smallest absolute Gasteiger partial charge is 0.315 e. The number of nitro benzene ring substituents is 1. The zero-order valence-corrected chi connectivity index (χ0v) is 12.2. The molecule has 2 aromatic carbocycles. The van der Waals surface area contributed by atoms with E-state index in [0.717, 1.165) is 12.0 Å². The molecule has 2 N–H and O–H groups in total. The van der Waals surface area contributed by atoms with Crippen LogP contribution in [-0.2, 0) is 0 Å². The van der Waals surface area contributed by atoms with Crippen molar-refractivity contribution in [3.05, 3.63) is 64.2 Å². The quantitative estimate of drug-likeness (QED) is 0.616. The van der Waals surface area contributed by atoms with Crippen LogP contribution >= 0.6 is 0 Å². The second-order valence-electron chi connectivity index (χ2n) is 4.72. The van der Waals surface area contributed by atoms with E-state index in [2.05, 4.69) is 17.6 Å². The fourth-order valence-corrected chi connectivity index (χ4v) is 2.35. The van der Waals surface area contributed by atoms with Crippen LogP contribution in [0.5, 0.6) is 0 Å². The van der Waals surface area contributed by atoms with Gasteiger partial charge in [-0.3, -0.25) is 10.1 Å². The molecule has 5 nitrogen and oxygen atoms in total. The van der Waals surface area contributed by atoms with Crippen LogP contribution in [-0.4, -0.2) is 12.0 Å². The van der Waals surface area contributed by atoms with Gasteiger partial charge in [0.2, 0.25) is 0 Å². The number of hydrogen-bond donors (Lipinski definition) is 2. The third kappa shape index (κ3) is 3.31. The van der Waals surface area contributed by atoms with E-state index in [1.165, 1.54) is 0 Å². The normalized spacial score (nSPS) is 11.7. The Balaban J connectivity index is 2.36. The van der Waals surface area contributed by atoms with Gasteiger partial charge in [0.05, 0.1) is 11.0 Å². The van der Waals surface area contributed by atoms with Gasteiger partial charge in [0, 0.05) is 7.05 Å². The summed E-state index contributed by atoms with van der Waals surface area (Å²) in [4.78, 5) is 11.0. The fourth-order valence-electron chi connectivity index (χ4n) is 2.35. The first kappa shape index (κ1) is 14.8. The molecule has 0 aliphatic rings. The van der Waals surface area contributed by atoms with Crippen molar-refractivity contribution in [1.29, 1.82) is 0 Å². The largest absolute Gasteiger partial charge is 0.382 e. The molecule has 0 aliphatic carbocycles. The molecular weight excluding hydrogens is 266 g/mol. The summed E-state index contributed by atoms with van der Waals surface area (Å²) < 4.78 is 0. The lowest BCUT2D eigenvalue weighted by Crippen LogP contribution is -2.11. The van der Waals surface area contributed by atoms with Gasteiger partial charge in [-0.05, 0) is 24.1 Å². The molecule has 5 heteroatoms. The van der Waals surface area contributed by atoms with Gasteiger partial charge in [-0.2, -0.15) is 0 Å². The standard InChI is InChI=1S/C16H19N3O2/c1-3-13(12-8-5-4-6-9-12)18-15-11-7-10-14(17-2)16(15)19(20)21/h4-11,13,17-18H,3H2,1-2H3. The third-order valence-electron chi connectivity index (χ3n) is 3.43. The second-order valence-corrected chi connectivity index (χ2v) is 4.72. The van der Waals surface area contributed by atoms with Gasteiger partial charge >= 0.3 is 5.69 Å². The minimum Gasteiger partial charge on any atom is -0.382 e. The second kappa shape index (κ2) is 6.74. The van der Waals surface area contributed by atoms with Crippen LogP contribution in [0.15, 0.2) is 48.5 Å². The van der Waals surface area contributed by atoms with Gasteiger partial charge in [-0.15, -0.1) is 0 Å². The first-order valence-corrected chi connectivity index (χ1v) is 6.94. The number of benzene rings is 2. The van der Waals surface area contributed by atoms with Gasteiger partial charge in [-0.25, -0.2) is 0 Å². The van der Waals surface area contributed by atoms with Gasteiger partial charge < -0.3 is 10.6 Å². The molecule has 2 aromatic rings. The molecule has 0 amide bonds. The number of rotatable bonds is 6. The predicted octanol–water partition coefficient (Wildman–Crippen LogP) is 4.20. The average molecular weight is 285 g/mol. The molecule has 1 atom stereocenters. The molecule has 0 bridgehead atoms. The number of nitrogens with one attached hydrogen (secondary N) is 2. The van der Waals surface area contributed by atoms with Crippen molar-refractivity contribution in [1.82, 2.24) is 0 Å². The van der Waals surface area contributed by atoms with E-state index in [4.69, 9.17) is 0 Å². The van der Waals surface area contributed by atoms with Crippen molar-refractivity contribution < 1.29 is 4.92 Å².